The van der Waals surface area contributed by atoms with Gasteiger partial charge in [0.05, 0.1) is 11.4 Å². The second-order valence-corrected chi connectivity index (χ2v) is 4.55. The first kappa shape index (κ1) is 13.0. The Balaban J connectivity index is 2.23. The van der Waals surface area contributed by atoms with Gasteiger partial charge in [-0.1, -0.05) is 6.07 Å². The summed E-state index contributed by atoms with van der Waals surface area (Å²) in [6, 6.07) is 10.2. The lowest BCUT2D eigenvalue weighted by atomic mass is 10.1. The molecule has 2 aromatic rings. The van der Waals surface area contributed by atoms with E-state index in [0.717, 1.165) is 5.56 Å². The van der Waals surface area contributed by atoms with Gasteiger partial charge in [0.25, 0.3) is 5.91 Å². The number of nitrogens with one attached hydrogen (secondary N) is 1. The number of rotatable bonds is 2. The average molecular weight is 256 g/mol. The van der Waals surface area contributed by atoms with Crippen molar-refractivity contribution < 1.29 is 9.90 Å². The highest BCUT2D eigenvalue weighted by atomic mass is 16.3. The fourth-order valence-corrected chi connectivity index (χ4v) is 1.79. The lowest BCUT2D eigenvalue weighted by Crippen LogP contribution is -2.13. The molecule has 0 fully saturated rings. The van der Waals surface area contributed by atoms with Crippen molar-refractivity contribution in [2.24, 2.45) is 0 Å². The van der Waals surface area contributed by atoms with Gasteiger partial charge in [-0.3, -0.25) is 4.79 Å². The minimum Gasteiger partial charge on any atom is -0.508 e. The predicted octanol–water partition coefficient (Wildman–Crippen LogP) is 2.84. The highest BCUT2D eigenvalue weighted by molar-refractivity contribution is 6.05. The Bertz CT molecular complexity index is 636. The molecule has 0 radical (unpaired) electrons. The van der Waals surface area contributed by atoms with E-state index in [2.05, 4.69) is 5.32 Å². The van der Waals surface area contributed by atoms with Crippen LogP contribution in [0.1, 0.15) is 21.5 Å². The van der Waals surface area contributed by atoms with E-state index >= 15 is 0 Å². The first-order valence-electron chi connectivity index (χ1n) is 5.94. The van der Waals surface area contributed by atoms with E-state index in [4.69, 9.17) is 5.73 Å². The molecule has 0 aliphatic rings. The first-order chi connectivity index (χ1) is 8.97. The Kier molecular flexibility index (Phi) is 3.42. The molecule has 0 saturated carbocycles. The van der Waals surface area contributed by atoms with Crippen LogP contribution in [0.2, 0.25) is 0 Å². The smallest absolute Gasteiger partial charge is 0.255 e. The van der Waals surface area contributed by atoms with Gasteiger partial charge in [-0.2, -0.15) is 0 Å². The minimum absolute atomic E-state index is 0.173. The maximum Gasteiger partial charge on any atom is 0.255 e. The number of amides is 1. The summed E-state index contributed by atoms with van der Waals surface area (Å²) in [4.78, 5) is 12.1. The molecule has 98 valence electrons. The number of nitrogen functional groups attached to an aromatic ring is 1. The Morgan fingerprint density at radius 1 is 1.16 bits per heavy atom. The van der Waals surface area contributed by atoms with Crippen LogP contribution in [0.5, 0.6) is 5.75 Å². The molecule has 4 nitrogen and oxygen atoms in total. The van der Waals surface area contributed by atoms with Gasteiger partial charge in [0.2, 0.25) is 0 Å². The van der Waals surface area contributed by atoms with Crippen LogP contribution in [0.25, 0.3) is 0 Å². The molecule has 0 bridgehead atoms. The van der Waals surface area contributed by atoms with Gasteiger partial charge in [-0.25, -0.2) is 0 Å². The molecule has 0 unspecified atom stereocenters. The van der Waals surface area contributed by atoms with Crippen LogP contribution < -0.4 is 11.1 Å². The number of hydrogen-bond acceptors (Lipinski definition) is 3. The molecule has 0 aliphatic carbocycles. The fourth-order valence-electron chi connectivity index (χ4n) is 1.79. The maximum absolute atomic E-state index is 12.1. The van der Waals surface area contributed by atoms with Gasteiger partial charge in [-0.15, -0.1) is 0 Å². The van der Waals surface area contributed by atoms with E-state index in [1.165, 1.54) is 6.07 Å². The van der Waals surface area contributed by atoms with E-state index in [9.17, 15) is 9.90 Å². The Hall–Kier alpha value is -2.49. The SMILES string of the molecule is Cc1ccc(NC(=O)c2ccc(O)c(C)c2)c(N)c1. The van der Waals surface area contributed by atoms with Crippen LogP contribution >= 0.6 is 0 Å². The topological polar surface area (TPSA) is 75.3 Å². The number of phenols is 1. The summed E-state index contributed by atoms with van der Waals surface area (Å²) in [6.07, 6.45) is 0. The molecular formula is C15H16N2O2. The van der Waals surface area contributed by atoms with E-state index in [1.54, 1.807) is 31.2 Å². The number of phenolic OH excluding ortho intramolecular Hbond substituents is 1. The van der Waals surface area contributed by atoms with Crippen molar-refractivity contribution in [2.75, 3.05) is 11.1 Å². The largest absolute Gasteiger partial charge is 0.508 e. The van der Waals surface area contributed by atoms with Crippen LogP contribution in [-0.4, -0.2) is 11.0 Å². The summed E-state index contributed by atoms with van der Waals surface area (Å²) in [5.41, 5.74) is 9.14. The number of anilines is 2. The maximum atomic E-state index is 12.1. The summed E-state index contributed by atoms with van der Waals surface area (Å²) in [6.45, 7) is 3.68. The molecule has 0 aliphatic heterocycles. The molecule has 2 rings (SSSR count). The van der Waals surface area contributed by atoms with Crippen molar-refractivity contribution in [1.82, 2.24) is 0 Å². The number of aryl methyl sites for hydroxylation is 2. The monoisotopic (exact) mass is 256 g/mol. The third-order valence-corrected chi connectivity index (χ3v) is 2.91. The normalized spacial score (nSPS) is 10.2. The number of nitrogens with two attached hydrogens (primary N) is 1. The molecule has 0 spiro atoms. The summed E-state index contributed by atoms with van der Waals surface area (Å²) in [7, 11) is 0. The number of carbonyl (C=O) groups excluding carboxylic acids is 1. The second-order valence-electron chi connectivity index (χ2n) is 4.55. The van der Waals surface area contributed by atoms with Crippen LogP contribution in [-0.2, 0) is 0 Å². The van der Waals surface area contributed by atoms with Crippen molar-refractivity contribution in [2.45, 2.75) is 13.8 Å². The summed E-state index contributed by atoms with van der Waals surface area (Å²) >= 11 is 0. The Morgan fingerprint density at radius 2 is 1.89 bits per heavy atom. The molecule has 0 atom stereocenters. The minimum atomic E-state index is -0.251. The molecule has 0 heterocycles. The summed E-state index contributed by atoms with van der Waals surface area (Å²) in [5.74, 6) is -0.0787. The van der Waals surface area contributed by atoms with Crippen molar-refractivity contribution >= 4 is 17.3 Å². The van der Waals surface area contributed by atoms with Gasteiger partial charge in [0.1, 0.15) is 5.75 Å². The van der Waals surface area contributed by atoms with Crippen molar-refractivity contribution in [3.05, 3.63) is 53.1 Å². The van der Waals surface area contributed by atoms with Gasteiger partial charge in [0.15, 0.2) is 0 Å². The Morgan fingerprint density at radius 3 is 2.53 bits per heavy atom. The molecule has 2 aromatic carbocycles. The highest BCUT2D eigenvalue weighted by Crippen LogP contribution is 2.22. The van der Waals surface area contributed by atoms with E-state index in [-0.39, 0.29) is 11.7 Å². The van der Waals surface area contributed by atoms with E-state index in [1.807, 2.05) is 13.0 Å². The van der Waals surface area contributed by atoms with Crippen molar-refractivity contribution in [1.29, 1.82) is 0 Å². The molecule has 19 heavy (non-hydrogen) atoms. The van der Waals surface area contributed by atoms with Gasteiger partial charge in [0, 0.05) is 5.56 Å². The summed E-state index contributed by atoms with van der Waals surface area (Å²) < 4.78 is 0. The third kappa shape index (κ3) is 2.85. The summed E-state index contributed by atoms with van der Waals surface area (Å²) in [5, 5.41) is 12.2. The molecule has 1 amide bonds. The van der Waals surface area contributed by atoms with Crippen LogP contribution in [0.3, 0.4) is 0 Å². The van der Waals surface area contributed by atoms with Crippen molar-refractivity contribution in [3.8, 4) is 5.75 Å². The molecular weight excluding hydrogens is 240 g/mol. The number of hydrogen-bond donors (Lipinski definition) is 3. The molecule has 0 aromatic heterocycles. The lowest BCUT2D eigenvalue weighted by molar-refractivity contribution is 0.102. The highest BCUT2D eigenvalue weighted by Gasteiger charge is 2.09. The van der Waals surface area contributed by atoms with Gasteiger partial charge >= 0.3 is 0 Å². The molecule has 4 N–H and O–H groups in total. The second kappa shape index (κ2) is 5.02. The molecule has 4 heteroatoms. The zero-order valence-corrected chi connectivity index (χ0v) is 10.9. The van der Waals surface area contributed by atoms with Crippen LogP contribution in [0, 0.1) is 13.8 Å². The quantitative estimate of drug-likeness (QED) is 0.723. The standard InChI is InChI=1S/C15H16N2O2/c1-9-3-5-13(12(16)7-9)17-15(19)11-4-6-14(18)10(2)8-11/h3-8,18H,16H2,1-2H3,(H,17,19). The first-order valence-corrected chi connectivity index (χ1v) is 5.94. The predicted molar refractivity (Wildman–Crippen MR) is 76.4 cm³/mol. The third-order valence-electron chi connectivity index (χ3n) is 2.91. The fraction of sp³-hybridized carbons (Fsp3) is 0.133. The van der Waals surface area contributed by atoms with E-state index < -0.39 is 0 Å². The van der Waals surface area contributed by atoms with E-state index in [0.29, 0.717) is 22.5 Å². The average Bonchev–Trinajstić information content (AvgIpc) is 2.36. The zero-order valence-electron chi connectivity index (χ0n) is 10.9. The van der Waals surface area contributed by atoms with Crippen LogP contribution in [0.15, 0.2) is 36.4 Å². The number of carbonyl (C=O) groups is 1. The molecule has 0 saturated heterocycles. The van der Waals surface area contributed by atoms with Gasteiger partial charge < -0.3 is 16.2 Å². The zero-order chi connectivity index (χ0) is 14.0. The lowest BCUT2D eigenvalue weighted by Gasteiger charge is -2.09. The number of aromatic hydroxyl groups is 1. The number of benzene rings is 2. The van der Waals surface area contributed by atoms with Crippen molar-refractivity contribution in [3.63, 3.8) is 0 Å². The van der Waals surface area contributed by atoms with Crippen LogP contribution in [0.4, 0.5) is 11.4 Å². The Labute approximate surface area is 111 Å². The van der Waals surface area contributed by atoms with Gasteiger partial charge in [-0.05, 0) is 55.3 Å².